The molecule has 0 fully saturated rings. The molecule has 0 bridgehead atoms. The molecule has 102 valence electrons. The number of aromatic amines is 1. The zero-order valence-electron chi connectivity index (χ0n) is 12.1. The van der Waals surface area contributed by atoms with Gasteiger partial charge in [-0.2, -0.15) is 0 Å². The van der Waals surface area contributed by atoms with Crippen molar-refractivity contribution in [2.75, 3.05) is 0 Å². The van der Waals surface area contributed by atoms with Crippen molar-refractivity contribution in [2.24, 2.45) is 0 Å². The van der Waals surface area contributed by atoms with E-state index in [1.54, 1.807) is 0 Å². The maximum Gasteiger partial charge on any atom is 0.0733 e. The minimum atomic E-state index is 1.03. The van der Waals surface area contributed by atoms with Crippen molar-refractivity contribution in [1.82, 2.24) is 9.97 Å². The quantitative estimate of drug-likeness (QED) is 0.519. The van der Waals surface area contributed by atoms with Crippen LogP contribution >= 0.6 is 0 Å². The summed E-state index contributed by atoms with van der Waals surface area (Å²) in [5.74, 6) is 0. The van der Waals surface area contributed by atoms with Crippen LogP contribution in [0.3, 0.4) is 0 Å². The lowest BCUT2D eigenvalue weighted by molar-refractivity contribution is 1.36. The first-order valence-electron chi connectivity index (χ1n) is 7.17. The standard InChI is InChI=1S/C19H16N2/c1-12-6-5-8-15-16(11-20-19(12)15)18-10-13(2)14-7-3-4-9-17(14)21-18/h3-11,20H,1-2H3. The van der Waals surface area contributed by atoms with E-state index in [1.807, 2.05) is 6.07 Å². The van der Waals surface area contributed by atoms with Gasteiger partial charge in [0.15, 0.2) is 0 Å². The Morgan fingerprint density at radius 2 is 1.67 bits per heavy atom. The maximum atomic E-state index is 4.84. The summed E-state index contributed by atoms with van der Waals surface area (Å²) in [7, 11) is 0. The molecule has 2 heteroatoms. The number of nitrogens with one attached hydrogen (secondary N) is 1. The van der Waals surface area contributed by atoms with E-state index in [2.05, 4.69) is 67.5 Å². The van der Waals surface area contributed by atoms with Crippen molar-refractivity contribution in [3.8, 4) is 11.3 Å². The number of pyridine rings is 1. The lowest BCUT2D eigenvalue weighted by Gasteiger charge is -2.06. The van der Waals surface area contributed by atoms with Gasteiger partial charge >= 0.3 is 0 Å². The van der Waals surface area contributed by atoms with Gasteiger partial charge in [0.2, 0.25) is 0 Å². The number of rotatable bonds is 1. The zero-order chi connectivity index (χ0) is 14.4. The molecule has 2 aromatic heterocycles. The van der Waals surface area contributed by atoms with Crippen LogP contribution in [0, 0.1) is 13.8 Å². The molecule has 0 spiro atoms. The maximum absolute atomic E-state index is 4.84. The molecule has 0 aliphatic heterocycles. The van der Waals surface area contributed by atoms with Crippen LogP contribution in [0.2, 0.25) is 0 Å². The molecule has 1 N–H and O–H groups in total. The third kappa shape index (κ3) is 1.83. The molecule has 2 aromatic carbocycles. The van der Waals surface area contributed by atoms with E-state index in [-0.39, 0.29) is 0 Å². The van der Waals surface area contributed by atoms with Crippen molar-refractivity contribution in [3.05, 3.63) is 65.9 Å². The van der Waals surface area contributed by atoms with Gasteiger partial charge in [-0.15, -0.1) is 0 Å². The minimum Gasteiger partial charge on any atom is -0.360 e. The Morgan fingerprint density at radius 3 is 2.57 bits per heavy atom. The molecule has 0 atom stereocenters. The molecule has 0 amide bonds. The molecular weight excluding hydrogens is 256 g/mol. The number of benzene rings is 2. The van der Waals surface area contributed by atoms with Gasteiger partial charge < -0.3 is 4.98 Å². The second-order valence-corrected chi connectivity index (χ2v) is 5.54. The van der Waals surface area contributed by atoms with Gasteiger partial charge in [-0.1, -0.05) is 36.4 Å². The van der Waals surface area contributed by atoms with Crippen LogP contribution < -0.4 is 0 Å². The summed E-state index contributed by atoms with van der Waals surface area (Å²) in [6.07, 6.45) is 2.06. The highest BCUT2D eigenvalue weighted by molar-refractivity contribution is 5.97. The van der Waals surface area contributed by atoms with E-state index in [0.29, 0.717) is 0 Å². The Labute approximate surface area is 123 Å². The average molecular weight is 272 g/mol. The smallest absolute Gasteiger partial charge is 0.0733 e. The Bertz CT molecular complexity index is 964. The fraction of sp³-hybridized carbons (Fsp3) is 0.105. The first-order valence-corrected chi connectivity index (χ1v) is 7.17. The van der Waals surface area contributed by atoms with Gasteiger partial charge in [0.25, 0.3) is 0 Å². The Balaban J connectivity index is 2.03. The van der Waals surface area contributed by atoms with E-state index >= 15 is 0 Å². The van der Waals surface area contributed by atoms with Gasteiger partial charge in [-0.25, -0.2) is 4.98 Å². The number of fused-ring (bicyclic) bond motifs is 2. The molecule has 0 radical (unpaired) electrons. The third-order valence-electron chi connectivity index (χ3n) is 4.12. The summed E-state index contributed by atoms with van der Waals surface area (Å²) in [5.41, 5.74) is 6.97. The first-order chi connectivity index (χ1) is 10.2. The van der Waals surface area contributed by atoms with Gasteiger partial charge in [0.1, 0.15) is 0 Å². The average Bonchev–Trinajstić information content (AvgIpc) is 2.93. The molecule has 0 unspecified atom stereocenters. The second-order valence-electron chi connectivity index (χ2n) is 5.54. The molecule has 21 heavy (non-hydrogen) atoms. The molecule has 0 saturated carbocycles. The molecular formula is C19H16N2. The monoisotopic (exact) mass is 272 g/mol. The van der Waals surface area contributed by atoms with E-state index in [9.17, 15) is 0 Å². The Morgan fingerprint density at radius 1 is 0.857 bits per heavy atom. The van der Waals surface area contributed by atoms with Gasteiger partial charge in [-0.3, -0.25) is 0 Å². The summed E-state index contributed by atoms with van der Waals surface area (Å²) in [6, 6.07) is 16.9. The van der Waals surface area contributed by atoms with Crippen molar-refractivity contribution in [1.29, 1.82) is 0 Å². The summed E-state index contributed by atoms with van der Waals surface area (Å²) in [6.45, 7) is 4.27. The van der Waals surface area contributed by atoms with Crippen LogP contribution in [0.1, 0.15) is 11.1 Å². The van der Waals surface area contributed by atoms with Crippen LogP contribution in [0.4, 0.5) is 0 Å². The predicted molar refractivity (Wildman–Crippen MR) is 88.5 cm³/mol. The SMILES string of the molecule is Cc1cc(-c2c[nH]c3c(C)cccc23)nc2ccccc12. The summed E-state index contributed by atoms with van der Waals surface area (Å²) in [5, 5.41) is 2.45. The summed E-state index contributed by atoms with van der Waals surface area (Å²) >= 11 is 0. The molecule has 4 aromatic rings. The first kappa shape index (κ1) is 12.2. The number of hydrogen-bond donors (Lipinski definition) is 1. The van der Waals surface area contributed by atoms with Crippen molar-refractivity contribution >= 4 is 21.8 Å². The van der Waals surface area contributed by atoms with Crippen molar-refractivity contribution in [2.45, 2.75) is 13.8 Å². The van der Waals surface area contributed by atoms with Crippen LogP contribution in [0.15, 0.2) is 54.7 Å². The third-order valence-corrected chi connectivity index (χ3v) is 4.12. The number of nitrogens with zero attached hydrogens (tertiary/aromatic N) is 1. The molecule has 2 nitrogen and oxygen atoms in total. The van der Waals surface area contributed by atoms with Crippen LogP contribution in [0.25, 0.3) is 33.1 Å². The highest BCUT2D eigenvalue weighted by Crippen LogP contribution is 2.31. The van der Waals surface area contributed by atoms with Crippen LogP contribution in [-0.4, -0.2) is 9.97 Å². The Kier molecular flexibility index (Phi) is 2.58. The van der Waals surface area contributed by atoms with Gasteiger partial charge in [-0.05, 0) is 37.1 Å². The highest BCUT2D eigenvalue weighted by atomic mass is 14.7. The fourth-order valence-corrected chi connectivity index (χ4v) is 3.01. The lowest BCUT2D eigenvalue weighted by atomic mass is 10.0. The lowest BCUT2D eigenvalue weighted by Crippen LogP contribution is -1.88. The predicted octanol–water partition coefficient (Wildman–Crippen LogP) is 5.00. The highest BCUT2D eigenvalue weighted by Gasteiger charge is 2.10. The van der Waals surface area contributed by atoms with Crippen LogP contribution in [0.5, 0.6) is 0 Å². The van der Waals surface area contributed by atoms with E-state index in [0.717, 1.165) is 11.2 Å². The molecule has 0 aliphatic carbocycles. The molecule has 4 rings (SSSR count). The number of para-hydroxylation sites is 2. The minimum absolute atomic E-state index is 1.03. The number of aromatic nitrogens is 2. The van der Waals surface area contributed by atoms with Crippen molar-refractivity contribution < 1.29 is 0 Å². The molecule has 0 saturated heterocycles. The molecule has 0 aliphatic rings. The largest absolute Gasteiger partial charge is 0.360 e. The number of hydrogen-bond acceptors (Lipinski definition) is 1. The van der Waals surface area contributed by atoms with E-state index in [4.69, 9.17) is 4.98 Å². The van der Waals surface area contributed by atoms with Crippen molar-refractivity contribution in [3.63, 3.8) is 0 Å². The number of H-pyrrole nitrogens is 1. The summed E-state index contributed by atoms with van der Waals surface area (Å²) in [4.78, 5) is 8.22. The van der Waals surface area contributed by atoms with E-state index < -0.39 is 0 Å². The zero-order valence-corrected chi connectivity index (χ0v) is 12.1. The Hall–Kier alpha value is -2.61. The van der Waals surface area contributed by atoms with Crippen LogP contribution in [-0.2, 0) is 0 Å². The van der Waals surface area contributed by atoms with Gasteiger partial charge in [0.05, 0.1) is 11.2 Å². The van der Waals surface area contributed by atoms with E-state index in [1.165, 1.54) is 33.0 Å². The number of aryl methyl sites for hydroxylation is 2. The summed E-state index contributed by atoms with van der Waals surface area (Å²) < 4.78 is 0. The second kappa shape index (κ2) is 4.45. The van der Waals surface area contributed by atoms with Gasteiger partial charge in [0, 0.05) is 28.0 Å². The fourth-order valence-electron chi connectivity index (χ4n) is 3.01. The molecule has 2 heterocycles. The normalized spacial score (nSPS) is 11.3. The topological polar surface area (TPSA) is 28.7 Å².